The first kappa shape index (κ1) is 12.5. The van der Waals surface area contributed by atoms with Crippen LogP contribution >= 0.6 is 0 Å². The SMILES string of the molecule is Cc1cc(NCCc2cccc3cccnc23)ncn1. The molecule has 0 fully saturated rings. The highest BCUT2D eigenvalue weighted by molar-refractivity contribution is 5.81. The quantitative estimate of drug-likeness (QED) is 0.787. The number of hydrogen-bond acceptors (Lipinski definition) is 4. The highest BCUT2D eigenvalue weighted by atomic mass is 15.0. The molecule has 0 aliphatic rings. The van der Waals surface area contributed by atoms with Gasteiger partial charge in [-0.3, -0.25) is 4.98 Å². The Balaban J connectivity index is 1.71. The summed E-state index contributed by atoms with van der Waals surface area (Å²) in [5, 5.41) is 4.50. The topological polar surface area (TPSA) is 50.7 Å². The minimum absolute atomic E-state index is 0.826. The van der Waals surface area contributed by atoms with E-state index in [4.69, 9.17) is 0 Å². The first-order chi connectivity index (χ1) is 9.83. The summed E-state index contributed by atoms with van der Waals surface area (Å²) in [6, 6.07) is 12.3. The standard InChI is InChI=1S/C16H16N4/c1-12-10-15(20-11-19-12)17-9-7-14-5-2-4-13-6-3-8-18-16(13)14/h2-6,8,10-11H,7,9H2,1H3,(H,17,19,20). The van der Waals surface area contributed by atoms with Crippen molar-refractivity contribution in [3.8, 4) is 0 Å². The molecule has 0 saturated carbocycles. The first-order valence-corrected chi connectivity index (χ1v) is 6.68. The zero-order chi connectivity index (χ0) is 13.8. The predicted molar refractivity (Wildman–Crippen MR) is 80.7 cm³/mol. The maximum atomic E-state index is 4.47. The average Bonchev–Trinajstić information content (AvgIpc) is 2.48. The highest BCUT2D eigenvalue weighted by Gasteiger charge is 2.02. The third-order valence-corrected chi connectivity index (χ3v) is 3.22. The van der Waals surface area contributed by atoms with Gasteiger partial charge in [0.1, 0.15) is 12.1 Å². The van der Waals surface area contributed by atoms with Crippen LogP contribution in [0.25, 0.3) is 10.9 Å². The van der Waals surface area contributed by atoms with Crippen molar-refractivity contribution < 1.29 is 0 Å². The molecule has 0 aliphatic heterocycles. The molecule has 0 unspecified atom stereocenters. The highest BCUT2D eigenvalue weighted by Crippen LogP contribution is 2.16. The van der Waals surface area contributed by atoms with E-state index in [9.17, 15) is 0 Å². The molecule has 1 N–H and O–H groups in total. The molecule has 2 aromatic heterocycles. The molecule has 2 heterocycles. The average molecular weight is 264 g/mol. The van der Waals surface area contributed by atoms with Gasteiger partial charge in [0.25, 0.3) is 0 Å². The fourth-order valence-electron chi connectivity index (χ4n) is 2.25. The summed E-state index contributed by atoms with van der Waals surface area (Å²) in [5.41, 5.74) is 3.30. The number of nitrogens with zero attached hydrogens (tertiary/aromatic N) is 3. The van der Waals surface area contributed by atoms with E-state index in [1.807, 2.05) is 25.3 Å². The lowest BCUT2D eigenvalue weighted by Gasteiger charge is -2.07. The van der Waals surface area contributed by atoms with Crippen LogP contribution in [0.15, 0.2) is 48.9 Å². The van der Waals surface area contributed by atoms with Gasteiger partial charge in [-0.2, -0.15) is 0 Å². The van der Waals surface area contributed by atoms with Crippen LogP contribution in [0.3, 0.4) is 0 Å². The van der Waals surface area contributed by atoms with Gasteiger partial charge in [-0.1, -0.05) is 24.3 Å². The number of aryl methyl sites for hydroxylation is 1. The van der Waals surface area contributed by atoms with Gasteiger partial charge < -0.3 is 5.32 Å². The Labute approximate surface area is 117 Å². The van der Waals surface area contributed by atoms with E-state index < -0.39 is 0 Å². The van der Waals surface area contributed by atoms with Gasteiger partial charge in [0.15, 0.2) is 0 Å². The number of fused-ring (bicyclic) bond motifs is 1. The number of para-hydroxylation sites is 1. The van der Waals surface area contributed by atoms with Crippen molar-refractivity contribution in [2.75, 3.05) is 11.9 Å². The van der Waals surface area contributed by atoms with Crippen molar-refractivity contribution in [3.63, 3.8) is 0 Å². The van der Waals surface area contributed by atoms with Gasteiger partial charge in [0, 0.05) is 29.9 Å². The molecule has 0 bridgehead atoms. The monoisotopic (exact) mass is 264 g/mol. The molecule has 0 radical (unpaired) electrons. The van der Waals surface area contributed by atoms with E-state index in [-0.39, 0.29) is 0 Å². The number of pyridine rings is 1. The number of anilines is 1. The molecule has 0 aliphatic carbocycles. The fraction of sp³-hybridized carbons (Fsp3) is 0.188. The Kier molecular flexibility index (Phi) is 3.54. The summed E-state index contributed by atoms with van der Waals surface area (Å²) in [7, 11) is 0. The molecule has 4 heteroatoms. The first-order valence-electron chi connectivity index (χ1n) is 6.68. The van der Waals surface area contributed by atoms with Gasteiger partial charge in [0.05, 0.1) is 5.52 Å². The number of benzene rings is 1. The van der Waals surface area contributed by atoms with E-state index in [2.05, 4.69) is 44.5 Å². The minimum atomic E-state index is 0.826. The molecule has 0 atom stereocenters. The summed E-state index contributed by atoms with van der Waals surface area (Å²) in [5.74, 6) is 0.866. The zero-order valence-electron chi connectivity index (χ0n) is 11.4. The molecule has 0 saturated heterocycles. The molecular formula is C16H16N4. The van der Waals surface area contributed by atoms with E-state index >= 15 is 0 Å². The van der Waals surface area contributed by atoms with Crippen molar-refractivity contribution in [2.24, 2.45) is 0 Å². The maximum absolute atomic E-state index is 4.47. The second-order valence-corrected chi connectivity index (χ2v) is 4.71. The van der Waals surface area contributed by atoms with Crippen molar-refractivity contribution in [1.82, 2.24) is 15.0 Å². The minimum Gasteiger partial charge on any atom is -0.370 e. The lowest BCUT2D eigenvalue weighted by molar-refractivity contribution is 0.996. The van der Waals surface area contributed by atoms with E-state index in [0.29, 0.717) is 0 Å². The smallest absolute Gasteiger partial charge is 0.129 e. The maximum Gasteiger partial charge on any atom is 0.129 e. The van der Waals surface area contributed by atoms with Gasteiger partial charge in [-0.05, 0) is 25.0 Å². The summed E-state index contributed by atoms with van der Waals surface area (Å²) in [6.07, 6.45) is 4.33. The van der Waals surface area contributed by atoms with Crippen LogP contribution < -0.4 is 5.32 Å². The second kappa shape index (κ2) is 5.65. The molecule has 1 aromatic carbocycles. The van der Waals surface area contributed by atoms with Crippen LogP contribution in [0.2, 0.25) is 0 Å². The van der Waals surface area contributed by atoms with Crippen molar-refractivity contribution in [1.29, 1.82) is 0 Å². The molecule has 100 valence electrons. The summed E-state index contributed by atoms with van der Waals surface area (Å²) in [6.45, 7) is 2.79. The Hall–Kier alpha value is -2.49. The largest absolute Gasteiger partial charge is 0.370 e. The summed E-state index contributed by atoms with van der Waals surface area (Å²) in [4.78, 5) is 12.7. The third-order valence-electron chi connectivity index (χ3n) is 3.22. The third kappa shape index (κ3) is 2.74. The normalized spacial score (nSPS) is 10.7. The molecule has 4 nitrogen and oxygen atoms in total. The van der Waals surface area contributed by atoms with Crippen LogP contribution in [-0.2, 0) is 6.42 Å². The van der Waals surface area contributed by atoms with Crippen LogP contribution in [0.5, 0.6) is 0 Å². The number of nitrogens with one attached hydrogen (secondary N) is 1. The number of rotatable bonds is 4. The van der Waals surface area contributed by atoms with Crippen molar-refractivity contribution >= 4 is 16.7 Å². The zero-order valence-corrected chi connectivity index (χ0v) is 11.4. The number of aromatic nitrogens is 3. The Morgan fingerprint density at radius 1 is 1.05 bits per heavy atom. The van der Waals surface area contributed by atoms with Crippen molar-refractivity contribution in [2.45, 2.75) is 13.3 Å². The van der Waals surface area contributed by atoms with Gasteiger partial charge >= 0.3 is 0 Å². The Bertz CT molecular complexity index is 719. The second-order valence-electron chi connectivity index (χ2n) is 4.71. The lowest BCUT2D eigenvalue weighted by Crippen LogP contribution is -2.07. The van der Waals surface area contributed by atoms with Gasteiger partial charge in [0.2, 0.25) is 0 Å². The Morgan fingerprint density at radius 2 is 1.95 bits per heavy atom. The van der Waals surface area contributed by atoms with Crippen LogP contribution in [-0.4, -0.2) is 21.5 Å². The molecule has 0 spiro atoms. The van der Waals surface area contributed by atoms with Crippen LogP contribution in [0.4, 0.5) is 5.82 Å². The lowest BCUT2D eigenvalue weighted by atomic mass is 10.1. The predicted octanol–water partition coefficient (Wildman–Crippen LogP) is 2.99. The molecule has 0 amide bonds. The van der Waals surface area contributed by atoms with E-state index in [0.717, 1.165) is 30.0 Å². The van der Waals surface area contributed by atoms with Crippen LogP contribution in [0, 0.1) is 6.92 Å². The molecule has 20 heavy (non-hydrogen) atoms. The van der Waals surface area contributed by atoms with E-state index in [1.54, 1.807) is 6.33 Å². The fourth-order valence-corrected chi connectivity index (χ4v) is 2.25. The Morgan fingerprint density at radius 3 is 2.85 bits per heavy atom. The van der Waals surface area contributed by atoms with E-state index in [1.165, 1.54) is 10.9 Å². The summed E-state index contributed by atoms with van der Waals surface area (Å²) < 4.78 is 0. The van der Waals surface area contributed by atoms with Crippen LogP contribution in [0.1, 0.15) is 11.3 Å². The van der Waals surface area contributed by atoms with Crippen molar-refractivity contribution in [3.05, 3.63) is 60.2 Å². The molecular weight excluding hydrogens is 248 g/mol. The summed E-state index contributed by atoms with van der Waals surface area (Å²) >= 11 is 0. The van der Waals surface area contributed by atoms with Gasteiger partial charge in [-0.15, -0.1) is 0 Å². The van der Waals surface area contributed by atoms with Gasteiger partial charge in [-0.25, -0.2) is 9.97 Å². The molecule has 3 rings (SSSR count). The molecule has 3 aromatic rings. The number of hydrogen-bond donors (Lipinski definition) is 1.